The van der Waals surface area contributed by atoms with E-state index < -0.39 is 6.04 Å². The first-order valence-electron chi connectivity index (χ1n) is 14.2. The topological polar surface area (TPSA) is 81.9 Å². The maximum atomic E-state index is 14.3. The minimum absolute atomic E-state index is 0.254. The van der Waals surface area contributed by atoms with E-state index in [1.54, 1.807) is 30.7 Å². The Labute approximate surface area is 311 Å². The van der Waals surface area contributed by atoms with Crippen LogP contribution in [0.3, 0.4) is 0 Å². The van der Waals surface area contributed by atoms with Crippen molar-refractivity contribution in [3.63, 3.8) is 0 Å². The van der Waals surface area contributed by atoms with Crippen LogP contribution in [0, 0.1) is 7.14 Å². The van der Waals surface area contributed by atoms with Gasteiger partial charge in [0.05, 0.1) is 42.6 Å². The Morgan fingerprint density at radius 2 is 1.81 bits per heavy atom. The molecule has 2 heterocycles. The Hall–Kier alpha value is -3.17. The quantitative estimate of drug-likeness (QED) is 0.160. The Morgan fingerprint density at radius 3 is 2.55 bits per heavy atom. The monoisotopic (exact) mass is 907 g/mol. The number of amides is 1. The molecule has 1 amide bonds. The molecule has 0 unspecified atom stereocenters. The van der Waals surface area contributed by atoms with E-state index in [1.807, 2.05) is 78.9 Å². The molecule has 0 fully saturated rings. The van der Waals surface area contributed by atoms with Crippen LogP contribution in [-0.4, -0.2) is 17.6 Å². The molecule has 0 spiro atoms. The van der Waals surface area contributed by atoms with Crippen LogP contribution in [0.25, 0.3) is 6.08 Å². The van der Waals surface area contributed by atoms with Crippen LogP contribution >= 0.6 is 79.7 Å². The molecule has 0 saturated carbocycles. The van der Waals surface area contributed by atoms with E-state index in [0.29, 0.717) is 47.8 Å². The highest BCUT2D eigenvalue weighted by molar-refractivity contribution is 14.1. The summed E-state index contributed by atoms with van der Waals surface area (Å²) in [5, 5.41) is 3.90. The van der Waals surface area contributed by atoms with E-state index >= 15 is 0 Å². The van der Waals surface area contributed by atoms with E-state index in [-0.39, 0.29) is 18.1 Å². The number of benzene rings is 4. The fourth-order valence-electron chi connectivity index (χ4n) is 5.22. The number of thiazole rings is 1. The second-order valence-electron chi connectivity index (χ2n) is 10.5. The van der Waals surface area contributed by atoms with Gasteiger partial charge in [-0.2, -0.15) is 0 Å². The molecule has 12 heteroatoms. The van der Waals surface area contributed by atoms with Gasteiger partial charge in [0.2, 0.25) is 0 Å². The lowest BCUT2D eigenvalue weighted by atomic mass is 9.95. The van der Waals surface area contributed by atoms with Gasteiger partial charge in [-0.25, -0.2) is 4.99 Å². The van der Waals surface area contributed by atoms with Gasteiger partial charge in [0.25, 0.3) is 11.5 Å². The molecular weight excluding hydrogens is 883 g/mol. The lowest BCUT2D eigenvalue weighted by Crippen LogP contribution is -2.40. The fraction of sp³-hybridized carbons (Fsp3) is 0.114. The molecule has 5 aromatic rings. The number of ether oxygens (including phenoxy) is 2. The summed E-state index contributed by atoms with van der Waals surface area (Å²) in [6.07, 6.45) is 1.82. The Morgan fingerprint density at radius 1 is 1.02 bits per heavy atom. The number of para-hydroxylation sites is 1. The summed E-state index contributed by atoms with van der Waals surface area (Å²) in [4.78, 5) is 33.5. The molecule has 4 aromatic carbocycles. The minimum Gasteiger partial charge on any atom is -0.497 e. The Bertz CT molecular complexity index is 2240. The summed E-state index contributed by atoms with van der Waals surface area (Å²) in [6, 6.07) is 25.2. The summed E-state index contributed by atoms with van der Waals surface area (Å²) in [5.74, 6) is 0.899. The molecule has 0 bridgehead atoms. The number of hydrogen-bond donors (Lipinski definition) is 1. The highest BCUT2D eigenvalue weighted by Crippen LogP contribution is 2.33. The third-order valence-electron chi connectivity index (χ3n) is 7.40. The zero-order valence-corrected chi connectivity index (χ0v) is 31.5. The number of aromatic nitrogens is 1. The molecule has 1 aliphatic rings. The number of fused-ring (bicyclic) bond motifs is 1. The first-order chi connectivity index (χ1) is 22.6. The van der Waals surface area contributed by atoms with Crippen molar-refractivity contribution in [2.45, 2.75) is 19.6 Å². The smallest absolute Gasteiger partial charge is 0.271 e. The van der Waals surface area contributed by atoms with Crippen molar-refractivity contribution in [3.8, 4) is 11.5 Å². The van der Waals surface area contributed by atoms with Crippen molar-refractivity contribution in [1.29, 1.82) is 0 Å². The second kappa shape index (κ2) is 14.5. The van der Waals surface area contributed by atoms with Gasteiger partial charge >= 0.3 is 0 Å². The van der Waals surface area contributed by atoms with Gasteiger partial charge in [-0.3, -0.25) is 14.2 Å². The van der Waals surface area contributed by atoms with Crippen molar-refractivity contribution < 1.29 is 14.3 Å². The first-order valence-corrected chi connectivity index (χ1v) is 17.9. The average Bonchev–Trinajstić information content (AvgIpc) is 3.35. The Balaban J connectivity index is 1.46. The number of rotatable bonds is 8. The molecular formula is C35H25Cl2I2N3O4S. The fourth-order valence-corrected chi connectivity index (χ4v) is 8.63. The van der Waals surface area contributed by atoms with Gasteiger partial charge in [-0.05, 0) is 118 Å². The predicted molar refractivity (Wildman–Crippen MR) is 205 cm³/mol. The molecule has 7 nitrogen and oxygen atoms in total. The van der Waals surface area contributed by atoms with Crippen molar-refractivity contribution in [3.05, 3.63) is 150 Å². The number of carbonyl (C=O) groups is 1. The van der Waals surface area contributed by atoms with Crippen LogP contribution in [-0.2, 0) is 11.4 Å². The summed E-state index contributed by atoms with van der Waals surface area (Å²) in [6.45, 7) is 2.05. The predicted octanol–water partition coefficient (Wildman–Crippen LogP) is 7.98. The number of carbonyl (C=O) groups excluding carboxylic acids is 1. The van der Waals surface area contributed by atoms with E-state index in [1.165, 1.54) is 11.3 Å². The highest BCUT2D eigenvalue weighted by Gasteiger charge is 2.33. The van der Waals surface area contributed by atoms with Crippen LogP contribution in [0.1, 0.15) is 29.7 Å². The molecule has 0 aliphatic carbocycles. The largest absolute Gasteiger partial charge is 0.497 e. The molecule has 238 valence electrons. The zero-order valence-electron chi connectivity index (χ0n) is 24.9. The maximum absolute atomic E-state index is 14.3. The number of nitrogens with zero attached hydrogens (tertiary/aromatic N) is 2. The number of nitrogens with one attached hydrogen (secondary N) is 1. The first kappa shape index (κ1) is 33.7. The number of allylic oxidation sites excluding steroid dienone is 1. The van der Waals surface area contributed by atoms with Gasteiger partial charge in [0.1, 0.15) is 18.1 Å². The third-order valence-corrected chi connectivity index (χ3v) is 10.5. The molecule has 6 rings (SSSR count). The van der Waals surface area contributed by atoms with Crippen LogP contribution in [0.15, 0.2) is 106 Å². The second-order valence-corrected chi connectivity index (χ2v) is 14.8. The Kier molecular flexibility index (Phi) is 10.4. The molecule has 47 heavy (non-hydrogen) atoms. The molecule has 1 N–H and O–H groups in total. The summed E-state index contributed by atoms with van der Waals surface area (Å²) in [5.41, 5.74) is 3.57. The number of methoxy groups -OCH3 is 1. The lowest BCUT2D eigenvalue weighted by molar-refractivity contribution is -0.113. The van der Waals surface area contributed by atoms with Gasteiger partial charge in [-0.15, -0.1) is 0 Å². The van der Waals surface area contributed by atoms with E-state index in [0.717, 1.165) is 23.8 Å². The summed E-state index contributed by atoms with van der Waals surface area (Å²) in [7, 11) is 1.58. The normalized spacial score (nSPS) is 14.4. The summed E-state index contributed by atoms with van der Waals surface area (Å²) < 4.78 is 15.7. The SMILES string of the molecule is COc1cccc([C@@H]2C(C(=O)Nc3ccccc3)=C(C)N=c3s/c(=C\c4cc(I)cc(I)c4OCc4ccc(Cl)c(Cl)c4)c(=O)n32)c1. The highest BCUT2D eigenvalue weighted by atomic mass is 127. The molecule has 1 aliphatic heterocycles. The van der Waals surface area contributed by atoms with Gasteiger partial charge in [-0.1, -0.05) is 70.9 Å². The molecule has 0 radical (unpaired) electrons. The van der Waals surface area contributed by atoms with Gasteiger partial charge in [0.15, 0.2) is 4.80 Å². The number of anilines is 1. The van der Waals surface area contributed by atoms with E-state index in [9.17, 15) is 9.59 Å². The minimum atomic E-state index is -0.742. The van der Waals surface area contributed by atoms with Gasteiger partial charge in [0, 0.05) is 14.8 Å². The molecule has 1 atom stereocenters. The molecule has 1 aromatic heterocycles. The average molecular weight is 908 g/mol. The molecule has 0 saturated heterocycles. The van der Waals surface area contributed by atoms with Crippen LogP contribution in [0.5, 0.6) is 11.5 Å². The van der Waals surface area contributed by atoms with E-state index in [2.05, 4.69) is 50.5 Å². The van der Waals surface area contributed by atoms with Crippen molar-refractivity contribution in [2.24, 2.45) is 4.99 Å². The van der Waals surface area contributed by atoms with Crippen LogP contribution in [0.2, 0.25) is 10.0 Å². The lowest BCUT2D eigenvalue weighted by Gasteiger charge is -2.25. The van der Waals surface area contributed by atoms with Crippen LogP contribution in [0.4, 0.5) is 5.69 Å². The number of halogens is 4. The van der Waals surface area contributed by atoms with Crippen molar-refractivity contribution >= 4 is 97.4 Å². The zero-order chi connectivity index (χ0) is 33.2. The standard InChI is InChI=1S/C35H25Cl2I2N3O4S/c1-19-30(33(43)41-24-8-4-3-5-9-24)31(21-7-6-10-25(15-21)45-2)42-34(44)29(47-35(42)40-19)16-22-14-23(38)17-28(39)32(22)46-18-20-11-12-26(36)27(37)13-20/h3-17,31H,18H2,1-2H3,(H,41,43)/b29-16-/t31-/m1/s1. The third kappa shape index (κ3) is 7.31. The number of hydrogen-bond acceptors (Lipinski definition) is 6. The van der Waals surface area contributed by atoms with E-state index in [4.69, 9.17) is 37.7 Å². The van der Waals surface area contributed by atoms with Crippen LogP contribution < -0.4 is 29.7 Å². The van der Waals surface area contributed by atoms with Crippen molar-refractivity contribution in [1.82, 2.24) is 4.57 Å². The maximum Gasteiger partial charge on any atom is 0.271 e. The van der Waals surface area contributed by atoms with Gasteiger partial charge < -0.3 is 14.8 Å². The van der Waals surface area contributed by atoms with Crippen molar-refractivity contribution in [2.75, 3.05) is 12.4 Å². The summed E-state index contributed by atoms with van der Waals surface area (Å²) >= 11 is 18.1.